The number of anilines is 2. The van der Waals surface area contributed by atoms with Crippen LogP contribution in [0.25, 0.3) is 0 Å². The van der Waals surface area contributed by atoms with Crippen molar-refractivity contribution in [3.63, 3.8) is 0 Å². The molecule has 3 aliphatic carbocycles. The van der Waals surface area contributed by atoms with Gasteiger partial charge in [-0.25, -0.2) is 13.6 Å². The number of halogens is 2. The molecular formula is C29H30F2N4O5. The van der Waals surface area contributed by atoms with Gasteiger partial charge in [0.05, 0.1) is 17.4 Å². The summed E-state index contributed by atoms with van der Waals surface area (Å²) in [6, 6.07) is 9.82. The Bertz CT molecular complexity index is 1400. The summed E-state index contributed by atoms with van der Waals surface area (Å²) in [6.07, 6.45) is 1.00. The molecule has 2 aromatic carbocycles. The van der Waals surface area contributed by atoms with E-state index in [0.29, 0.717) is 38.0 Å². The molecule has 1 atom stereocenters. The molecule has 2 N–H and O–H groups in total. The van der Waals surface area contributed by atoms with Crippen molar-refractivity contribution in [1.29, 1.82) is 0 Å². The van der Waals surface area contributed by atoms with Crippen LogP contribution in [0.2, 0.25) is 0 Å². The van der Waals surface area contributed by atoms with Crippen LogP contribution >= 0.6 is 0 Å². The van der Waals surface area contributed by atoms with E-state index >= 15 is 0 Å². The topological polar surface area (TPSA) is 108 Å². The third kappa shape index (κ3) is 4.37. The highest BCUT2D eigenvalue weighted by molar-refractivity contribution is 6.01. The molecular weight excluding hydrogens is 522 g/mol. The van der Waals surface area contributed by atoms with E-state index in [1.807, 2.05) is 31.2 Å². The normalized spacial score (nSPS) is 27.1. The van der Waals surface area contributed by atoms with Gasteiger partial charge in [-0.15, -0.1) is 0 Å². The van der Waals surface area contributed by atoms with Gasteiger partial charge < -0.3 is 19.9 Å². The molecule has 1 unspecified atom stereocenters. The highest BCUT2D eigenvalue weighted by Gasteiger charge is 2.74. The summed E-state index contributed by atoms with van der Waals surface area (Å²) < 4.78 is 35.4. The molecule has 2 aromatic rings. The molecule has 9 nitrogen and oxygen atoms in total. The quantitative estimate of drug-likeness (QED) is 0.533. The number of carbonyl (C=O) groups is 4. The molecule has 2 bridgehead atoms. The van der Waals surface area contributed by atoms with Crippen LogP contribution in [0.15, 0.2) is 36.4 Å². The number of carbonyl (C=O) groups excluding carboxylic acids is 4. The molecule has 5 aliphatic rings. The van der Waals surface area contributed by atoms with Gasteiger partial charge >= 0.3 is 6.09 Å². The Morgan fingerprint density at radius 3 is 2.40 bits per heavy atom. The van der Waals surface area contributed by atoms with Crippen LogP contribution < -0.4 is 20.4 Å². The first-order valence-electron chi connectivity index (χ1n) is 13.4. The molecule has 3 saturated carbocycles. The molecule has 0 aromatic heterocycles. The van der Waals surface area contributed by atoms with Gasteiger partial charge in [0.2, 0.25) is 17.7 Å². The van der Waals surface area contributed by atoms with E-state index in [9.17, 15) is 28.0 Å². The molecule has 2 heterocycles. The fraction of sp³-hybridized carbons (Fsp3) is 0.448. The van der Waals surface area contributed by atoms with Crippen molar-refractivity contribution >= 4 is 35.2 Å². The van der Waals surface area contributed by atoms with Crippen molar-refractivity contribution in [2.45, 2.75) is 56.6 Å². The van der Waals surface area contributed by atoms with E-state index in [-0.39, 0.29) is 30.4 Å². The molecule has 0 radical (unpaired) electrons. The summed E-state index contributed by atoms with van der Waals surface area (Å²) in [6.45, 7) is 2.65. The molecule has 210 valence electrons. The minimum absolute atomic E-state index is 0.0235. The Hall–Kier alpha value is -4.02. The van der Waals surface area contributed by atoms with Crippen LogP contribution in [0.4, 0.5) is 25.0 Å². The number of ether oxygens (including phenoxy) is 1. The summed E-state index contributed by atoms with van der Waals surface area (Å²) in [5.74, 6) is -3.88. The number of imide groups is 1. The van der Waals surface area contributed by atoms with E-state index in [0.717, 1.165) is 11.3 Å². The van der Waals surface area contributed by atoms with Crippen LogP contribution in [0.3, 0.4) is 0 Å². The molecule has 7 rings (SSSR count). The maximum Gasteiger partial charge on any atom is 0.408 e. The standard InChI is InChI=1S/C29H30F2N4O5/c1-16-4-3-5-18(8-16)34(2)26(38)28-13-29(14-28,15-28)40-27(39)32-17-11-35(12-17)19-9-21(30)24(22(31)10-19)20-6-7-23(36)33-25(20)37/h3-5,8-10,17,20H,6-7,11-15H2,1-2H3,(H,32,39)(H,33,36,37). The zero-order chi connectivity index (χ0) is 28.4. The summed E-state index contributed by atoms with van der Waals surface area (Å²) >= 11 is 0. The summed E-state index contributed by atoms with van der Waals surface area (Å²) in [7, 11) is 1.76. The number of amides is 4. The van der Waals surface area contributed by atoms with Crippen molar-refractivity contribution in [3.8, 4) is 0 Å². The smallest absolute Gasteiger partial charge is 0.408 e. The second kappa shape index (κ2) is 9.28. The third-order valence-electron chi connectivity index (χ3n) is 8.66. The van der Waals surface area contributed by atoms with E-state index in [4.69, 9.17) is 4.74 Å². The number of nitrogens with zero attached hydrogens (tertiary/aromatic N) is 2. The lowest BCUT2D eigenvalue weighted by atomic mass is 9.40. The number of rotatable bonds is 6. The monoisotopic (exact) mass is 552 g/mol. The number of nitrogens with one attached hydrogen (secondary N) is 2. The van der Waals surface area contributed by atoms with E-state index in [2.05, 4.69) is 10.6 Å². The van der Waals surface area contributed by atoms with Gasteiger partial charge in [-0.1, -0.05) is 12.1 Å². The van der Waals surface area contributed by atoms with Gasteiger partial charge in [-0.05, 0) is 43.2 Å². The molecule has 0 spiro atoms. The van der Waals surface area contributed by atoms with E-state index in [1.54, 1.807) is 16.8 Å². The van der Waals surface area contributed by atoms with Gasteiger partial charge in [0, 0.05) is 62.8 Å². The Morgan fingerprint density at radius 2 is 1.77 bits per heavy atom. The molecule has 4 amide bonds. The zero-order valence-corrected chi connectivity index (χ0v) is 22.3. The van der Waals surface area contributed by atoms with Crippen molar-refractivity contribution < 1.29 is 32.7 Å². The van der Waals surface area contributed by atoms with Crippen LogP contribution in [-0.2, 0) is 19.1 Å². The maximum atomic E-state index is 14.8. The van der Waals surface area contributed by atoms with Crippen LogP contribution in [0.1, 0.15) is 49.1 Å². The molecule has 2 saturated heterocycles. The predicted octanol–water partition coefficient (Wildman–Crippen LogP) is 3.29. The van der Waals surface area contributed by atoms with Gasteiger partial charge in [0.15, 0.2) is 0 Å². The first-order valence-corrected chi connectivity index (χ1v) is 13.4. The predicted molar refractivity (Wildman–Crippen MR) is 141 cm³/mol. The van der Waals surface area contributed by atoms with Crippen LogP contribution in [0, 0.1) is 24.0 Å². The zero-order valence-electron chi connectivity index (χ0n) is 22.3. The third-order valence-corrected chi connectivity index (χ3v) is 8.66. The average Bonchev–Trinajstić information content (AvgIpc) is 2.82. The second-order valence-electron chi connectivity index (χ2n) is 11.7. The minimum atomic E-state index is -1.05. The Labute approximate surface area is 229 Å². The van der Waals surface area contributed by atoms with Crippen LogP contribution in [0.5, 0.6) is 0 Å². The molecule has 40 heavy (non-hydrogen) atoms. The lowest BCUT2D eigenvalue weighted by Crippen LogP contribution is -2.74. The molecule has 2 aliphatic heterocycles. The SMILES string of the molecule is Cc1cccc(N(C)C(=O)C23CC(OC(=O)NC4CN(c5cc(F)c(C6CCC(=O)NC6=O)c(F)c5)C4)(C2)C3)c1. The first-order chi connectivity index (χ1) is 19.0. The fourth-order valence-electron chi connectivity index (χ4n) is 6.57. The van der Waals surface area contributed by atoms with E-state index in [1.165, 1.54) is 12.1 Å². The number of piperidine rings is 1. The van der Waals surface area contributed by atoms with Crippen molar-refractivity contribution in [1.82, 2.24) is 10.6 Å². The summed E-state index contributed by atoms with van der Waals surface area (Å²) in [5.41, 5.74) is 0.764. The van der Waals surface area contributed by atoms with Crippen molar-refractivity contribution in [2.75, 3.05) is 29.9 Å². The van der Waals surface area contributed by atoms with Gasteiger partial charge in [-0.2, -0.15) is 0 Å². The maximum absolute atomic E-state index is 14.8. The lowest BCUT2D eigenvalue weighted by Gasteiger charge is -2.67. The van der Waals surface area contributed by atoms with Gasteiger partial charge in [-0.3, -0.25) is 19.7 Å². The Kier molecular flexibility index (Phi) is 6.08. The minimum Gasteiger partial charge on any atom is -0.443 e. The van der Waals surface area contributed by atoms with E-state index < -0.39 is 46.5 Å². The summed E-state index contributed by atoms with van der Waals surface area (Å²) in [5, 5.41) is 4.92. The summed E-state index contributed by atoms with van der Waals surface area (Å²) in [4.78, 5) is 52.4. The van der Waals surface area contributed by atoms with Crippen molar-refractivity contribution in [2.24, 2.45) is 5.41 Å². The number of hydrogen-bond donors (Lipinski definition) is 2. The van der Waals surface area contributed by atoms with Crippen LogP contribution in [-0.4, -0.2) is 55.6 Å². The largest absolute Gasteiger partial charge is 0.443 e. The average molecular weight is 553 g/mol. The number of alkyl carbamates (subject to hydrolysis) is 1. The van der Waals surface area contributed by atoms with Crippen molar-refractivity contribution in [3.05, 3.63) is 59.2 Å². The second-order valence-corrected chi connectivity index (χ2v) is 11.7. The number of hydrogen-bond acceptors (Lipinski definition) is 6. The number of aryl methyl sites for hydroxylation is 1. The Morgan fingerprint density at radius 1 is 1.10 bits per heavy atom. The van der Waals surface area contributed by atoms with Gasteiger partial charge in [0.25, 0.3) is 0 Å². The molecule has 11 heteroatoms. The number of benzene rings is 2. The van der Waals surface area contributed by atoms with Gasteiger partial charge in [0.1, 0.15) is 17.2 Å². The Balaban J connectivity index is 0.984. The first kappa shape index (κ1) is 26.2. The highest BCUT2D eigenvalue weighted by atomic mass is 19.1. The fourth-order valence-corrected chi connectivity index (χ4v) is 6.57. The highest BCUT2D eigenvalue weighted by Crippen LogP contribution is 2.69. The lowest BCUT2D eigenvalue weighted by molar-refractivity contribution is -0.246. The molecule has 5 fully saturated rings.